The molecule has 0 saturated heterocycles. The van der Waals surface area contributed by atoms with E-state index in [1.807, 2.05) is 24.4 Å². The number of pyridine rings is 1. The molecular weight excluding hydrogens is 512 g/mol. The second-order valence-corrected chi connectivity index (χ2v) is 10.5. The van der Waals surface area contributed by atoms with E-state index < -0.39 is 0 Å². The van der Waals surface area contributed by atoms with Crippen LogP contribution < -0.4 is 4.90 Å². The monoisotopic (exact) mass is 538 g/mol. The van der Waals surface area contributed by atoms with Gasteiger partial charge in [0.05, 0.1) is 5.39 Å². The molecule has 0 aliphatic rings. The summed E-state index contributed by atoms with van der Waals surface area (Å²) in [5.74, 6) is 0.833. The third-order valence-corrected chi connectivity index (χ3v) is 7.89. The summed E-state index contributed by atoms with van der Waals surface area (Å²) in [4.78, 5) is 7.26. The van der Waals surface area contributed by atoms with E-state index in [2.05, 4.69) is 138 Å². The van der Waals surface area contributed by atoms with Crippen LogP contribution in [0.5, 0.6) is 0 Å². The molecule has 0 radical (unpaired) electrons. The van der Waals surface area contributed by atoms with Gasteiger partial charge in [-0.2, -0.15) is 0 Å². The van der Waals surface area contributed by atoms with Gasteiger partial charge in [0.15, 0.2) is 0 Å². The Labute approximate surface area is 243 Å². The molecule has 0 atom stereocenters. The molecule has 42 heavy (non-hydrogen) atoms. The molecule has 8 rings (SSSR count). The summed E-state index contributed by atoms with van der Waals surface area (Å²) in [7, 11) is 0. The summed E-state index contributed by atoms with van der Waals surface area (Å²) in [6.45, 7) is 0. The minimum Gasteiger partial charge on any atom is -0.456 e. The lowest BCUT2D eigenvalue weighted by Crippen LogP contribution is -2.12. The third-order valence-electron chi connectivity index (χ3n) is 7.89. The van der Waals surface area contributed by atoms with E-state index in [-0.39, 0.29) is 0 Å². The van der Waals surface area contributed by atoms with Crippen LogP contribution in [0.1, 0.15) is 0 Å². The van der Waals surface area contributed by atoms with Gasteiger partial charge in [-0.3, -0.25) is 4.90 Å². The van der Waals surface area contributed by atoms with Crippen molar-refractivity contribution >= 4 is 49.9 Å². The molecule has 3 heteroatoms. The Bertz CT molecular complexity index is 2180. The minimum atomic E-state index is 0.815. The zero-order chi connectivity index (χ0) is 27.9. The number of rotatable bonds is 5. The van der Waals surface area contributed by atoms with E-state index in [9.17, 15) is 0 Å². The topological polar surface area (TPSA) is 29.3 Å². The minimum absolute atomic E-state index is 0.815. The van der Waals surface area contributed by atoms with Crippen LogP contribution in [0, 0.1) is 0 Å². The van der Waals surface area contributed by atoms with Crippen molar-refractivity contribution in [2.24, 2.45) is 0 Å². The first kappa shape index (κ1) is 24.2. The fourth-order valence-electron chi connectivity index (χ4n) is 5.84. The molecule has 0 bridgehead atoms. The maximum Gasteiger partial charge on any atom is 0.149 e. The molecular formula is C39H26N2O. The predicted molar refractivity (Wildman–Crippen MR) is 175 cm³/mol. The Balaban J connectivity index is 1.36. The standard InChI is InChI=1S/C39H26N2O/c1-3-10-27(11-4-1)29-18-20-33(21-19-29)41(34-17-9-16-30(24-34)28-12-5-2-6-13-28)39-38-35-25-31-14-7-8-15-32(31)26-37(35)42-36(38)22-23-40-39/h1-26H. The summed E-state index contributed by atoms with van der Waals surface area (Å²) in [5, 5.41) is 4.38. The van der Waals surface area contributed by atoms with Gasteiger partial charge in [0.25, 0.3) is 0 Å². The molecule has 0 N–H and O–H groups in total. The number of anilines is 3. The van der Waals surface area contributed by atoms with Crippen molar-refractivity contribution in [2.45, 2.75) is 0 Å². The zero-order valence-corrected chi connectivity index (χ0v) is 22.8. The fourth-order valence-corrected chi connectivity index (χ4v) is 5.84. The number of aromatic nitrogens is 1. The van der Waals surface area contributed by atoms with Crippen molar-refractivity contribution in [3.05, 3.63) is 158 Å². The quantitative estimate of drug-likeness (QED) is 0.218. The molecule has 0 fully saturated rings. The molecule has 0 spiro atoms. The van der Waals surface area contributed by atoms with Crippen molar-refractivity contribution in [1.29, 1.82) is 0 Å². The molecule has 0 amide bonds. The van der Waals surface area contributed by atoms with E-state index in [0.717, 1.165) is 50.1 Å². The van der Waals surface area contributed by atoms with Gasteiger partial charge < -0.3 is 4.42 Å². The third kappa shape index (κ3) is 4.20. The molecule has 2 aromatic heterocycles. The van der Waals surface area contributed by atoms with Gasteiger partial charge >= 0.3 is 0 Å². The van der Waals surface area contributed by atoms with Crippen LogP contribution in [-0.4, -0.2) is 4.98 Å². The molecule has 3 nitrogen and oxygen atoms in total. The summed E-state index contributed by atoms with van der Waals surface area (Å²) in [6, 6.07) is 53.0. The van der Waals surface area contributed by atoms with Gasteiger partial charge in [-0.05, 0) is 75.5 Å². The van der Waals surface area contributed by atoms with Crippen molar-refractivity contribution < 1.29 is 4.42 Å². The number of benzene rings is 6. The average Bonchev–Trinajstić information content (AvgIpc) is 3.43. The van der Waals surface area contributed by atoms with Crippen LogP contribution in [0.15, 0.2) is 162 Å². The molecule has 0 saturated carbocycles. The van der Waals surface area contributed by atoms with Crippen LogP contribution in [0.3, 0.4) is 0 Å². The van der Waals surface area contributed by atoms with Crippen molar-refractivity contribution in [2.75, 3.05) is 4.90 Å². The van der Waals surface area contributed by atoms with E-state index in [1.165, 1.54) is 22.1 Å². The summed E-state index contributed by atoms with van der Waals surface area (Å²) < 4.78 is 6.43. The Morgan fingerprint density at radius 3 is 1.81 bits per heavy atom. The predicted octanol–water partition coefficient (Wildman–Crippen LogP) is 10.9. The summed E-state index contributed by atoms with van der Waals surface area (Å²) in [5.41, 5.74) is 8.40. The second kappa shape index (κ2) is 10.1. The largest absolute Gasteiger partial charge is 0.456 e. The highest BCUT2D eigenvalue weighted by Crippen LogP contribution is 2.43. The smallest absolute Gasteiger partial charge is 0.149 e. The van der Waals surface area contributed by atoms with Crippen LogP contribution in [-0.2, 0) is 0 Å². The Kier molecular flexibility index (Phi) is 5.79. The lowest BCUT2D eigenvalue weighted by molar-refractivity contribution is 0.669. The highest BCUT2D eigenvalue weighted by Gasteiger charge is 2.21. The number of furan rings is 1. The normalized spacial score (nSPS) is 11.3. The molecule has 0 aliphatic carbocycles. The van der Waals surface area contributed by atoms with Crippen LogP contribution in [0.2, 0.25) is 0 Å². The SMILES string of the molecule is c1ccc(-c2ccc(N(c3cccc(-c4ccccc4)c3)c3nccc4oc5cc6ccccc6cc5c34)cc2)cc1. The van der Waals surface area contributed by atoms with Gasteiger partial charge in [-0.15, -0.1) is 0 Å². The van der Waals surface area contributed by atoms with E-state index in [1.54, 1.807) is 0 Å². The molecule has 6 aromatic carbocycles. The Morgan fingerprint density at radius 2 is 1.07 bits per heavy atom. The van der Waals surface area contributed by atoms with Crippen LogP contribution in [0.4, 0.5) is 17.2 Å². The number of hydrogen-bond acceptors (Lipinski definition) is 3. The number of fused-ring (bicyclic) bond motifs is 4. The second-order valence-electron chi connectivity index (χ2n) is 10.5. The van der Waals surface area contributed by atoms with Gasteiger partial charge in [-0.25, -0.2) is 4.98 Å². The Hall–Kier alpha value is -5.67. The average molecular weight is 539 g/mol. The van der Waals surface area contributed by atoms with Crippen LogP contribution >= 0.6 is 0 Å². The maximum atomic E-state index is 6.43. The first-order valence-electron chi connectivity index (χ1n) is 14.1. The summed E-state index contributed by atoms with van der Waals surface area (Å²) >= 11 is 0. The first-order valence-corrected chi connectivity index (χ1v) is 14.1. The van der Waals surface area contributed by atoms with E-state index >= 15 is 0 Å². The Morgan fingerprint density at radius 1 is 0.452 bits per heavy atom. The van der Waals surface area contributed by atoms with E-state index in [4.69, 9.17) is 9.40 Å². The van der Waals surface area contributed by atoms with Crippen molar-refractivity contribution in [3.8, 4) is 22.3 Å². The van der Waals surface area contributed by atoms with Gasteiger partial charge in [-0.1, -0.05) is 109 Å². The van der Waals surface area contributed by atoms with Crippen LogP contribution in [0.25, 0.3) is 55.0 Å². The van der Waals surface area contributed by atoms with Gasteiger partial charge in [0.2, 0.25) is 0 Å². The molecule has 0 unspecified atom stereocenters. The highest BCUT2D eigenvalue weighted by molar-refractivity contribution is 6.15. The van der Waals surface area contributed by atoms with Crippen molar-refractivity contribution in [3.63, 3.8) is 0 Å². The first-order chi connectivity index (χ1) is 20.8. The van der Waals surface area contributed by atoms with E-state index in [0.29, 0.717) is 0 Å². The van der Waals surface area contributed by atoms with Gasteiger partial charge in [0, 0.05) is 23.0 Å². The molecule has 8 aromatic rings. The molecule has 0 aliphatic heterocycles. The fraction of sp³-hybridized carbons (Fsp3) is 0. The molecule has 198 valence electrons. The molecule has 2 heterocycles. The number of nitrogens with zero attached hydrogens (tertiary/aromatic N) is 2. The summed E-state index contributed by atoms with van der Waals surface area (Å²) in [6.07, 6.45) is 1.84. The highest BCUT2D eigenvalue weighted by atomic mass is 16.3. The zero-order valence-electron chi connectivity index (χ0n) is 22.8. The van der Waals surface area contributed by atoms with Crippen molar-refractivity contribution in [1.82, 2.24) is 4.98 Å². The number of hydrogen-bond donors (Lipinski definition) is 0. The lowest BCUT2D eigenvalue weighted by Gasteiger charge is -2.25. The lowest BCUT2D eigenvalue weighted by atomic mass is 10.0. The maximum absolute atomic E-state index is 6.43. The van der Waals surface area contributed by atoms with Gasteiger partial charge in [0.1, 0.15) is 17.0 Å².